The Morgan fingerprint density at radius 3 is 2.59 bits per heavy atom. The summed E-state index contributed by atoms with van der Waals surface area (Å²) in [5.41, 5.74) is 4.19. The Bertz CT molecular complexity index is 1310. The van der Waals surface area contributed by atoms with Crippen LogP contribution in [0, 0.1) is 11.8 Å². The maximum atomic E-state index is 13.0. The highest BCUT2D eigenvalue weighted by Gasteiger charge is 2.29. The molecule has 0 saturated heterocycles. The van der Waals surface area contributed by atoms with E-state index in [2.05, 4.69) is 46.2 Å². The fraction of sp³-hybridized carbons (Fsp3) is 0.556. The normalized spacial score (nSPS) is 18.8. The monoisotopic (exact) mass is 558 g/mol. The highest BCUT2D eigenvalue weighted by atomic mass is 32.2. The minimum absolute atomic E-state index is 0.156. The van der Waals surface area contributed by atoms with E-state index in [1.807, 2.05) is 11.3 Å². The molecule has 0 spiro atoms. The third kappa shape index (κ3) is 5.38. The lowest BCUT2D eigenvalue weighted by atomic mass is 9.88. The van der Waals surface area contributed by atoms with E-state index in [-0.39, 0.29) is 17.6 Å². The number of nitrogens with zero attached hydrogens (tertiary/aromatic N) is 3. The van der Waals surface area contributed by atoms with Gasteiger partial charge in [0.1, 0.15) is 5.00 Å². The van der Waals surface area contributed by atoms with Crippen molar-refractivity contribution in [2.24, 2.45) is 11.8 Å². The number of methoxy groups -OCH3 is 1. The van der Waals surface area contributed by atoms with Crippen LogP contribution >= 0.6 is 34.4 Å². The summed E-state index contributed by atoms with van der Waals surface area (Å²) in [6.07, 6.45) is 7.21. The van der Waals surface area contributed by atoms with Crippen molar-refractivity contribution in [3.05, 3.63) is 31.8 Å². The van der Waals surface area contributed by atoms with Gasteiger partial charge in [-0.05, 0) is 67.9 Å². The predicted molar refractivity (Wildman–Crippen MR) is 151 cm³/mol. The average Bonchev–Trinajstić information content (AvgIpc) is 3.56. The first-order chi connectivity index (χ1) is 17.9. The molecule has 2 unspecified atom stereocenters. The number of amides is 1. The van der Waals surface area contributed by atoms with Crippen LogP contribution in [0.25, 0.3) is 11.4 Å². The summed E-state index contributed by atoms with van der Waals surface area (Å²) in [4.78, 5) is 28.2. The van der Waals surface area contributed by atoms with Crippen LogP contribution in [-0.2, 0) is 41.8 Å². The van der Waals surface area contributed by atoms with Crippen LogP contribution in [0.4, 0.5) is 5.00 Å². The molecule has 1 amide bonds. The smallest absolute Gasteiger partial charge is 0.341 e. The molecule has 1 N–H and O–H groups in total. The summed E-state index contributed by atoms with van der Waals surface area (Å²) in [5.74, 6) is 1.87. The molecule has 0 fully saturated rings. The number of rotatable bonds is 8. The number of carbonyl (C=O) groups is 2. The molecule has 5 rings (SSSR count). The van der Waals surface area contributed by atoms with Gasteiger partial charge in [0.25, 0.3) is 0 Å². The Morgan fingerprint density at radius 1 is 1.14 bits per heavy atom. The Labute approximate surface area is 230 Å². The standard InChI is InChI=1S/C27H34N4O3S3/c1-5-10-31-24(19-13-35-20-11-15(2)6-8-17(19)20)29-30-27(31)36-14-22(32)28-25-23(26(33)34-4)18-9-7-16(3)12-21(18)37-25/h13,15-16H,5-12,14H2,1-4H3,(H,28,32). The van der Waals surface area contributed by atoms with Crippen molar-refractivity contribution in [3.8, 4) is 11.4 Å². The predicted octanol–water partition coefficient (Wildman–Crippen LogP) is 6.25. The number of hydrogen-bond donors (Lipinski definition) is 1. The van der Waals surface area contributed by atoms with E-state index >= 15 is 0 Å². The van der Waals surface area contributed by atoms with Gasteiger partial charge in [0.2, 0.25) is 5.91 Å². The molecule has 10 heteroatoms. The highest BCUT2D eigenvalue weighted by Crippen LogP contribution is 2.41. The molecule has 0 aliphatic heterocycles. The minimum atomic E-state index is -0.379. The first-order valence-corrected chi connectivity index (χ1v) is 15.8. The van der Waals surface area contributed by atoms with E-state index < -0.39 is 0 Å². The maximum absolute atomic E-state index is 13.0. The minimum Gasteiger partial charge on any atom is -0.465 e. The molecule has 7 nitrogen and oxygen atoms in total. The summed E-state index contributed by atoms with van der Waals surface area (Å²) in [7, 11) is 1.39. The molecule has 0 bridgehead atoms. The van der Waals surface area contributed by atoms with Gasteiger partial charge in [0.05, 0.1) is 18.4 Å². The van der Waals surface area contributed by atoms with E-state index in [9.17, 15) is 9.59 Å². The van der Waals surface area contributed by atoms with Gasteiger partial charge < -0.3 is 14.6 Å². The summed E-state index contributed by atoms with van der Waals surface area (Å²) < 4.78 is 7.21. The Hall–Kier alpha value is -2.17. The lowest BCUT2D eigenvalue weighted by Gasteiger charge is -2.19. The molecule has 2 aliphatic rings. The topological polar surface area (TPSA) is 86.1 Å². The van der Waals surface area contributed by atoms with Crippen LogP contribution in [0.3, 0.4) is 0 Å². The summed E-state index contributed by atoms with van der Waals surface area (Å²) in [6, 6.07) is 0. The van der Waals surface area contributed by atoms with Gasteiger partial charge in [-0.1, -0.05) is 32.5 Å². The number of esters is 1. The van der Waals surface area contributed by atoms with E-state index in [0.29, 0.717) is 16.5 Å². The second-order valence-corrected chi connectivity index (χ2v) is 13.3. The number of ether oxygens (including phenoxy) is 1. The first-order valence-electron chi connectivity index (χ1n) is 13.1. The SMILES string of the molecule is CCCn1c(SCC(=O)Nc2sc3c(c2C(=O)OC)CCC(C)C3)nnc1-c1csc2c1CCC(C)C2. The van der Waals surface area contributed by atoms with Gasteiger partial charge in [0.15, 0.2) is 11.0 Å². The van der Waals surface area contributed by atoms with Gasteiger partial charge in [0, 0.05) is 27.2 Å². The number of aromatic nitrogens is 3. The molecule has 2 atom stereocenters. The van der Waals surface area contributed by atoms with E-state index in [1.165, 1.54) is 57.5 Å². The fourth-order valence-corrected chi connectivity index (χ4v) is 8.76. The second-order valence-electron chi connectivity index (χ2n) is 10.2. The van der Waals surface area contributed by atoms with Crippen LogP contribution < -0.4 is 5.32 Å². The quantitative estimate of drug-likeness (QED) is 0.260. The average molecular weight is 559 g/mol. The Balaban J connectivity index is 1.32. The number of thioether (sulfide) groups is 1. The lowest BCUT2D eigenvalue weighted by Crippen LogP contribution is -2.17. The lowest BCUT2D eigenvalue weighted by molar-refractivity contribution is -0.113. The summed E-state index contributed by atoms with van der Waals surface area (Å²) in [5, 5.41) is 15.6. The van der Waals surface area contributed by atoms with Crippen molar-refractivity contribution >= 4 is 51.3 Å². The number of hydrogen-bond acceptors (Lipinski definition) is 8. The molecule has 198 valence electrons. The molecule has 0 radical (unpaired) electrons. The molecule has 3 aromatic heterocycles. The van der Waals surface area contributed by atoms with Crippen molar-refractivity contribution in [1.82, 2.24) is 14.8 Å². The zero-order chi connectivity index (χ0) is 26.1. The number of nitrogens with one attached hydrogen (secondary N) is 1. The van der Waals surface area contributed by atoms with Gasteiger partial charge in [-0.2, -0.15) is 0 Å². The van der Waals surface area contributed by atoms with Gasteiger partial charge in [-0.25, -0.2) is 4.79 Å². The third-order valence-electron chi connectivity index (χ3n) is 7.29. The zero-order valence-electron chi connectivity index (χ0n) is 21.9. The molecule has 2 aliphatic carbocycles. The van der Waals surface area contributed by atoms with Gasteiger partial charge >= 0.3 is 5.97 Å². The Morgan fingerprint density at radius 2 is 1.86 bits per heavy atom. The highest BCUT2D eigenvalue weighted by molar-refractivity contribution is 7.99. The zero-order valence-corrected chi connectivity index (χ0v) is 24.3. The number of thiophene rings is 2. The van der Waals surface area contributed by atoms with Crippen LogP contribution in [0.15, 0.2) is 10.5 Å². The molecule has 0 saturated carbocycles. The summed E-state index contributed by atoms with van der Waals surface area (Å²) >= 11 is 4.74. The second kappa shape index (κ2) is 11.3. The number of fused-ring (bicyclic) bond motifs is 2. The number of anilines is 1. The first kappa shape index (κ1) is 26.4. The van der Waals surface area contributed by atoms with Crippen LogP contribution in [0.5, 0.6) is 0 Å². The van der Waals surface area contributed by atoms with Crippen molar-refractivity contribution < 1.29 is 14.3 Å². The third-order valence-corrected chi connectivity index (χ3v) is 10.5. The van der Waals surface area contributed by atoms with Crippen molar-refractivity contribution in [3.63, 3.8) is 0 Å². The molecule has 0 aromatic carbocycles. The van der Waals surface area contributed by atoms with E-state index in [1.54, 1.807) is 0 Å². The maximum Gasteiger partial charge on any atom is 0.341 e. The molecule has 37 heavy (non-hydrogen) atoms. The number of carbonyl (C=O) groups excluding carboxylic acids is 2. The summed E-state index contributed by atoms with van der Waals surface area (Å²) in [6.45, 7) is 7.49. The van der Waals surface area contributed by atoms with Crippen molar-refractivity contribution in [2.45, 2.75) is 77.4 Å². The van der Waals surface area contributed by atoms with Crippen LogP contribution in [0.1, 0.15) is 71.3 Å². The van der Waals surface area contributed by atoms with E-state index in [0.717, 1.165) is 67.5 Å². The molecular formula is C27H34N4O3S3. The molecule has 3 aromatic rings. The van der Waals surface area contributed by atoms with Gasteiger partial charge in [-0.3, -0.25) is 4.79 Å². The fourth-order valence-electron chi connectivity index (χ4n) is 5.33. The molecular weight excluding hydrogens is 525 g/mol. The Kier molecular flexibility index (Phi) is 8.07. The van der Waals surface area contributed by atoms with Crippen molar-refractivity contribution in [2.75, 3.05) is 18.2 Å². The van der Waals surface area contributed by atoms with Gasteiger partial charge in [-0.15, -0.1) is 32.9 Å². The van der Waals surface area contributed by atoms with E-state index in [4.69, 9.17) is 4.74 Å². The van der Waals surface area contributed by atoms with Crippen LogP contribution in [-0.4, -0.2) is 39.5 Å². The largest absolute Gasteiger partial charge is 0.465 e. The van der Waals surface area contributed by atoms with Crippen molar-refractivity contribution in [1.29, 1.82) is 0 Å². The molecule has 3 heterocycles. The van der Waals surface area contributed by atoms with Crippen LogP contribution in [0.2, 0.25) is 0 Å².